The van der Waals surface area contributed by atoms with Gasteiger partial charge in [0.1, 0.15) is 0 Å². The highest BCUT2D eigenvalue weighted by Gasteiger charge is 2.14. The fraction of sp³-hybridized carbons (Fsp3) is 0.923. The first-order valence-electron chi connectivity index (χ1n) is 6.88. The summed E-state index contributed by atoms with van der Waals surface area (Å²) in [5.74, 6) is 0.0443. The fourth-order valence-corrected chi connectivity index (χ4v) is 1.75. The van der Waals surface area contributed by atoms with Gasteiger partial charge in [0, 0.05) is 25.8 Å². The van der Waals surface area contributed by atoms with Crippen molar-refractivity contribution in [2.75, 3.05) is 32.9 Å². The second-order valence-electron chi connectivity index (χ2n) is 4.95. The lowest BCUT2D eigenvalue weighted by atomic mass is 10.2. The molecule has 1 rings (SSSR count). The quantitative estimate of drug-likeness (QED) is 0.597. The second-order valence-corrected chi connectivity index (χ2v) is 4.95. The Bertz CT molecular complexity index is 228. The lowest BCUT2D eigenvalue weighted by Gasteiger charge is -2.11. The molecule has 5 nitrogen and oxygen atoms in total. The largest absolute Gasteiger partial charge is 0.379 e. The normalized spacial score (nSPS) is 19.4. The number of rotatable bonds is 9. The highest BCUT2D eigenvalue weighted by molar-refractivity contribution is 5.77. The van der Waals surface area contributed by atoms with Crippen LogP contribution in [0.15, 0.2) is 0 Å². The average Bonchev–Trinajstić information content (AvgIpc) is 2.84. The minimum Gasteiger partial charge on any atom is -0.379 e. The number of hydrogen-bond donors (Lipinski definition) is 2. The summed E-state index contributed by atoms with van der Waals surface area (Å²) in [6, 6.07) is 0.338. The monoisotopic (exact) mass is 258 g/mol. The van der Waals surface area contributed by atoms with Crippen LogP contribution in [0, 0.1) is 0 Å². The van der Waals surface area contributed by atoms with E-state index in [9.17, 15) is 4.79 Å². The molecule has 1 aliphatic rings. The van der Waals surface area contributed by atoms with E-state index in [1.165, 1.54) is 0 Å². The molecule has 0 radical (unpaired) electrons. The number of ether oxygens (including phenoxy) is 2. The smallest absolute Gasteiger partial charge is 0.233 e. The molecule has 0 aliphatic carbocycles. The Hall–Kier alpha value is -0.650. The van der Waals surface area contributed by atoms with Gasteiger partial charge >= 0.3 is 0 Å². The topological polar surface area (TPSA) is 59.6 Å². The molecule has 0 aromatic carbocycles. The molecule has 0 saturated carbocycles. The highest BCUT2D eigenvalue weighted by Crippen LogP contribution is 2.11. The van der Waals surface area contributed by atoms with E-state index in [0.29, 0.717) is 32.3 Å². The zero-order chi connectivity index (χ0) is 13.2. The Labute approximate surface area is 110 Å². The Morgan fingerprint density at radius 1 is 1.50 bits per heavy atom. The molecule has 5 heteroatoms. The Morgan fingerprint density at radius 2 is 2.33 bits per heavy atom. The standard InChI is InChI=1S/C13H26N2O3/c1-11(2)15-9-13(16)14-6-4-7-17-10-12-5-3-8-18-12/h11-12,15H,3-10H2,1-2H3,(H,14,16). The first-order valence-corrected chi connectivity index (χ1v) is 6.88. The lowest BCUT2D eigenvalue weighted by Crippen LogP contribution is -2.37. The molecule has 0 bridgehead atoms. The summed E-state index contributed by atoms with van der Waals surface area (Å²) in [5, 5.41) is 5.93. The molecule has 0 spiro atoms. The van der Waals surface area contributed by atoms with Crippen LogP contribution in [0.1, 0.15) is 33.1 Å². The Morgan fingerprint density at radius 3 is 3.00 bits per heavy atom. The van der Waals surface area contributed by atoms with Crippen molar-refractivity contribution >= 4 is 5.91 Å². The van der Waals surface area contributed by atoms with Gasteiger partial charge in [0.25, 0.3) is 0 Å². The molecule has 0 aromatic rings. The van der Waals surface area contributed by atoms with Crippen LogP contribution < -0.4 is 10.6 Å². The van der Waals surface area contributed by atoms with Crippen LogP contribution in [0.4, 0.5) is 0 Å². The van der Waals surface area contributed by atoms with Crippen molar-refractivity contribution in [3.63, 3.8) is 0 Å². The average molecular weight is 258 g/mol. The third kappa shape index (κ3) is 7.63. The van der Waals surface area contributed by atoms with Crippen LogP contribution in [0.5, 0.6) is 0 Å². The van der Waals surface area contributed by atoms with Crippen LogP contribution in [0.3, 0.4) is 0 Å². The third-order valence-electron chi connectivity index (χ3n) is 2.79. The minimum absolute atomic E-state index is 0.0443. The number of carbonyl (C=O) groups is 1. The minimum atomic E-state index is 0.0443. The van der Waals surface area contributed by atoms with Gasteiger partial charge in [-0.3, -0.25) is 4.79 Å². The maximum atomic E-state index is 11.4. The first kappa shape index (κ1) is 15.4. The first-order chi connectivity index (χ1) is 8.68. The van der Waals surface area contributed by atoms with Gasteiger partial charge in [-0.15, -0.1) is 0 Å². The van der Waals surface area contributed by atoms with Crippen molar-refractivity contribution in [3.05, 3.63) is 0 Å². The molecule has 106 valence electrons. The number of carbonyl (C=O) groups excluding carboxylic acids is 1. The fourth-order valence-electron chi connectivity index (χ4n) is 1.75. The summed E-state index contributed by atoms with van der Waals surface area (Å²) in [6.07, 6.45) is 3.39. The second kappa shape index (κ2) is 9.30. The van der Waals surface area contributed by atoms with Crippen LogP contribution in [-0.2, 0) is 14.3 Å². The van der Waals surface area contributed by atoms with E-state index >= 15 is 0 Å². The molecule has 1 unspecified atom stereocenters. The van der Waals surface area contributed by atoms with Crippen molar-refractivity contribution in [1.82, 2.24) is 10.6 Å². The van der Waals surface area contributed by atoms with E-state index in [0.717, 1.165) is 25.9 Å². The summed E-state index contributed by atoms with van der Waals surface area (Å²) in [4.78, 5) is 11.4. The van der Waals surface area contributed by atoms with Crippen molar-refractivity contribution in [3.8, 4) is 0 Å². The van der Waals surface area contributed by atoms with E-state index < -0.39 is 0 Å². The van der Waals surface area contributed by atoms with Gasteiger partial charge in [0.15, 0.2) is 0 Å². The molecule has 1 atom stereocenters. The summed E-state index contributed by atoms with van der Waals surface area (Å²) in [7, 11) is 0. The van der Waals surface area contributed by atoms with Gasteiger partial charge < -0.3 is 20.1 Å². The van der Waals surface area contributed by atoms with Gasteiger partial charge in [-0.25, -0.2) is 0 Å². The van der Waals surface area contributed by atoms with Crippen LogP contribution >= 0.6 is 0 Å². The SMILES string of the molecule is CC(C)NCC(=O)NCCCOCC1CCCO1. The van der Waals surface area contributed by atoms with Gasteiger partial charge in [0.2, 0.25) is 5.91 Å². The van der Waals surface area contributed by atoms with E-state index in [2.05, 4.69) is 10.6 Å². The summed E-state index contributed by atoms with van der Waals surface area (Å²) in [5.41, 5.74) is 0. The van der Waals surface area contributed by atoms with E-state index in [1.54, 1.807) is 0 Å². The maximum absolute atomic E-state index is 11.4. The highest BCUT2D eigenvalue weighted by atomic mass is 16.5. The van der Waals surface area contributed by atoms with Crippen LogP contribution in [-0.4, -0.2) is 51.0 Å². The molecule has 1 aliphatic heterocycles. The summed E-state index contributed by atoms with van der Waals surface area (Å²) >= 11 is 0. The predicted molar refractivity (Wildman–Crippen MR) is 70.6 cm³/mol. The molecule has 1 saturated heterocycles. The van der Waals surface area contributed by atoms with Gasteiger partial charge in [-0.2, -0.15) is 0 Å². The van der Waals surface area contributed by atoms with E-state index in [4.69, 9.17) is 9.47 Å². The predicted octanol–water partition coefficient (Wildman–Crippen LogP) is 0.686. The lowest BCUT2D eigenvalue weighted by molar-refractivity contribution is -0.120. The van der Waals surface area contributed by atoms with Crippen LogP contribution in [0.2, 0.25) is 0 Å². The number of hydrogen-bond acceptors (Lipinski definition) is 4. The van der Waals surface area contributed by atoms with E-state index in [1.807, 2.05) is 13.8 Å². The number of nitrogens with one attached hydrogen (secondary N) is 2. The van der Waals surface area contributed by atoms with Crippen molar-refractivity contribution in [1.29, 1.82) is 0 Å². The zero-order valence-electron chi connectivity index (χ0n) is 11.5. The van der Waals surface area contributed by atoms with Gasteiger partial charge in [0.05, 0.1) is 19.3 Å². The van der Waals surface area contributed by atoms with Crippen molar-refractivity contribution in [2.24, 2.45) is 0 Å². The van der Waals surface area contributed by atoms with E-state index in [-0.39, 0.29) is 12.0 Å². The molecular formula is C13H26N2O3. The molecule has 0 aromatic heterocycles. The number of amides is 1. The van der Waals surface area contributed by atoms with Crippen molar-refractivity contribution in [2.45, 2.75) is 45.3 Å². The maximum Gasteiger partial charge on any atom is 0.233 e. The van der Waals surface area contributed by atoms with Gasteiger partial charge in [-0.1, -0.05) is 13.8 Å². The van der Waals surface area contributed by atoms with Crippen molar-refractivity contribution < 1.29 is 14.3 Å². The molecular weight excluding hydrogens is 232 g/mol. The zero-order valence-corrected chi connectivity index (χ0v) is 11.5. The van der Waals surface area contributed by atoms with Gasteiger partial charge in [-0.05, 0) is 19.3 Å². The summed E-state index contributed by atoms with van der Waals surface area (Å²) in [6.45, 7) is 7.32. The Balaban J connectivity index is 1.84. The molecule has 1 fully saturated rings. The molecule has 1 heterocycles. The van der Waals surface area contributed by atoms with Crippen LogP contribution in [0.25, 0.3) is 0 Å². The molecule has 18 heavy (non-hydrogen) atoms. The Kier molecular flexibility index (Phi) is 7.96. The molecule has 1 amide bonds. The third-order valence-corrected chi connectivity index (χ3v) is 2.79. The molecule has 2 N–H and O–H groups in total. The summed E-state index contributed by atoms with van der Waals surface area (Å²) < 4.78 is 11.0.